The van der Waals surface area contributed by atoms with Crippen LogP contribution in [0, 0.1) is 42.7 Å². The highest BCUT2D eigenvalue weighted by Crippen LogP contribution is 2.51. The number of aromatic nitrogens is 2. The summed E-state index contributed by atoms with van der Waals surface area (Å²) in [5.41, 5.74) is 6.54. The van der Waals surface area contributed by atoms with Crippen LogP contribution in [0.25, 0.3) is 65.6 Å². The molecule has 0 aliphatic heterocycles. The summed E-state index contributed by atoms with van der Waals surface area (Å²) in [4.78, 5) is 16.9. The van der Waals surface area contributed by atoms with Crippen molar-refractivity contribution in [3.05, 3.63) is 153 Å². The molecule has 7 rings (SSSR count). The molecule has 0 N–H and O–H groups in total. The summed E-state index contributed by atoms with van der Waals surface area (Å²) in [6, 6.07) is 27.5. The maximum absolute atomic E-state index is 13.5. The van der Waals surface area contributed by atoms with Gasteiger partial charge in [0.25, 0.3) is 11.4 Å². The van der Waals surface area contributed by atoms with Gasteiger partial charge in [-0.3, -0.25) is 0 Å². The van der Waals surface area contributed by atoms with Crippen LogP contribution >= 0.6 is 0 Å². The molecule has 6 nitrogen and oxygen atoms in total. The first-order valence-corrected chi connectivity index (χ1v) is 14.2. The molecular formula is C38H17F3N6. The van der Waals surface area contributed by atoms with Gasteiger partial charge in [0, 0.05) is 22.3 Å². The van der Waals surface area contributed by atoms with E-state index in [1.165, 1.54) is 6.07 Å². The third-order valence-corrected chi connectivity index (χ3v) is 8.24. The predicted octanol–water partition coefficient (Wildman–Crippen LogP) is 9.50. The molecule has 9 heteroatoms. The lowest BCUT2D eigenvalue weighted by atomic mass is 9.96. The molecule has 47 heavy (non-hydrogen) atoms. The molecule has 0 amide bonds. The summed E-state index contributed by atoms with van der Waals surface area (Å²) in [5.74, 6) is 0. The summed E-state index contributed by atoms with van der Waals surface area (Å²) in [7, 11) is 0. The highest BCUT2D eigenvalue weighted by Gasteiger charge is 2.37. The Morgan fingerprint density at radius 2 is 1.09 bits per heavy atom. The average Bonchev–Trinajstić information content (AvgIpc) is 3.56. The summed E-state index contributed by atoms with van der Waals surface area (Å²) < 4.78 is 40.5. The van der Waals surface area contributed by atoms with Crippen molar-refractivity contribution >= 4 is 11.1 Å². The molecule has 0 atom stereocenters. The topological polar surface area (TPSA) is 82.1 Å². The van der Waals surface area contributed by atoms with Crippen LogP contribution in [0.4, 0.5) is 13.2 Å². The van der Waals surface area contributed by atoms with Crippen LogP contribution in [0.5, 0.6) is 0 Å². The minimum atomic E-state index is -4.53. The number of allylic oxidation sites excluding steroid dienone is 2. The Hall–Kier alpha value is -6.81. The fourth-order valence-electron chi connectivity index (χ4n) is 6.14. The lowest BCUT2D eigenvalue weighted by Crippen LogP contribution is -2.04. The number of rotatable bonds is 2. The Balaban J connectivity index is 1.46. The van der Waals surface area contributed by atoms with E-state index in [-0.39, 0.29) is 22.7 Å². The Morgan fingerprint density at radius 1 is 0.617 bits per heavy atom. The van der Waals surface area contributed by atoms with Gasteiger partial charge in [0.15, 0.2) is 0 Å². The fraction of sp³-hybridized carbons (Fsp3) is 0.0526. The van der Waals surface area contributed by atoms with Crippen LogP contribution in [0.1, 0.15) is 33.6 Å². The molecule has 4 aromatic carbocycles. The van der Waals surface area contributed by atoms with Gasteiger partial charge in [-0.05, 0) is 64.6 Å². The predicted molar refractivity (Wildman–Crippen MR) is 170 cm³/mol. The van der Waals surface area contributed by atoms with Crippen LogP contribution < -0.4 is 0 Å². The fourth-order valence-corrected chi connectivity index (χ4v) is 6.14. The number of halogens is 3. The number of aryl methyl sites for hydroxylation is 1. The smallest absolute Gasteiger partial charge is 0.245 e. The molecule has 1 heterocycles. The second-order valence-corrected chi connectivity index (χ2v) is 11.0. The quantitative estimate of drug-likeness (QED) is 0.143. The first kappa shape index (κ1) is 28.9. The third kappa shape index (κ3) is 4.55. The minimum absolute atomic E-state index is 0.159. The van der Waals surface area contributed by atoms with Crippen molar-refractivity contribution in [1.82, 2.24) is 9.97 Å². The van der Waals surface area contributed by atoms with Crippen molar-refractivity contribution in [2.45, 2.75) is 13.1 Å². The van der Waals surface area contributed by atoms with Crippen molar-refractivity contribution in [2.75, 3.05) is 0 Å². The second-order valence-electron chi connectivity index (χ2n) is 11.0. The molecule has 0 radical (unpaired) electrons. The second kappa shape index (κ2) is 10.7. The first-order chi connectivity index (χ1) is 22.7. The van der Waals surface area contributed by atoms with Crippen molar-refractivity contribution in [3.8, 4) is 56.9 Å². The summed E-state index contributed by atoms with van der Waals surface area (Å²) in [6.45, 7) is 17.5. The lowest BCUT2D eigenvalue weighted by Gasteiger charge is -2.10. The van der Waals surface area contributed by atoms with E-state index < -0.39 is 11.7 Å². The number of alkyl halides is 3. The molecule has 5 aromatic rings. The molecule has 2 aliphatic rings. The van der Waals surface area contributed by atoms with E-state index >= 15 is 0 Å². The average molecular weight is 615 g/mol. The van der Waals surface area contributed by atoms with Crippen LogP contribution in [0.15, 0.2) is 96.3 Å². The maximum atomic E-state index is 13.5. The van der Waals surface area contributed by atoms with Gasteiger partial charge in [-0.1, -0.05) is 66.2 Å². The van der Waals surface area contributed by atoms with Gasteiger partial charge in [-0.2, -0.15) is 13.2 Å². The van der Waals surface area contributed by atoms with Gasteiger partial charge >= 0.3 is 6.18 Å². The Kier molecular flexibility index (Phi) is 6.57. The zero-order valence-electron chi connectivity index (χ0n) is 24.4. The first-order valence-electron chi connectivity index (χ1n) is 14.2. The number of nitriles is 2. The molecule has 0 saturated heterocycles. The van der Waals surface area contributed by atoms with E-state index in [1.54, 1.807) is 24.3 Å². The molecular weight excluding hydrogens is 597 g/mol. The SMILES string of the molecule is [C-]#[N+]/C(C#N)=C1/c2cc(-c3cccc(C(F)(F)F)c3)ccc2-c2nc3c(nc21)-c1ccc(-c2cccc(C)c2)cc1/C3=C(/C#N)[N+]#[C-]. The van der Waals surface area contributed by atoms with Crippen LogP contribution in [0.2, 0.25) is 0 Å². The summed E-state index contributed by atoms with van der Waals surface area (Å²) >= 11 is 0. The van der Waals surface area contributed by atoms with Crippen LogP contribution in [-0.2, 0) is 6.18 Å². The van der Waals surface area contributed by atoms with E-state index in [4.69, 9.17) is 23.1 Å². The lowest BCUT2D eigenvalue weighted by molar-refractivity contribution is -0.137. The monoisotopic (exact) mass is 614 g/mol. The normalized spacial score (nSPS) is 14.4. The van der Waals surface area contributed by atoms with Gasteiger partial charge in [0.2, 0.25) is 0 Å². The number of fused-ring (bicyclic) bond motifs is 6. The molecule has 0 fully saturated rings. The van der Waals surface area contributed by atoms with Crippen molar-refractivity contribution in [2.24, 2.45) is 0 Å². The van der Waals surface area contributed by atoms with Gasteiger partial charge in [-0.15, -0.1) is 0 Å². The number of hydrogen-bond acceptors (Lipinski definition) is 4. The van der Waals surface area contributed by atoms with E-state index in [2.05, 4.69) is 9.69 Å². The highest BCUT2D eigenvalue weighted by atomic mass is 19.4. The Labute approximate surface area is 267 Å². The standard InChI is InChI=1S/C38H17F3N6/c1-20-6-4-7-21(14-20)23-10-12-26-28(16-23)32(30(18-42)44-2)36-34(26)46-37-33(31(19-43)45-3)29-17-24(11-13-27(29)35(37)47-36)22-8-5-9-25(15-22)38(39,40)41/h4-17H,1H3/b32-30+,33-31-. The Morgan fingerprint density at radius 3 is 1.53 bits per heavy atom. The summed E-state index contributed by atoms with van der Waals surface area (Å²) in [6.07, 6.45) is -4.53. The van der Waals surface area contributed by atoms with Gasteiger partial charge in [0.05, 0.1) is 53.6 Å². The van der Waals surface area contributed by atoms with Crippen LogP contribution in [0.3, 0.4) is 0 Å². The molecule has 0 unspecified atom stereocenters. The minimum Gasteiger partial charge on any atom is -0.245 e. The number of nitrogens with zero attached hydrogens (tertiary/aromatic N) is 6. The summed E-state index contributed by atoms with van der Waals surface area (Å²) in [5, 5.41) is 19.9. The molecule has 220 valence electrons. The zero-order chi connectivity index (χ0) is 33.0. The van der Waals surface area contributed by atoms with E-state index in [0.29, 0.717) is 56.0 Å². The molecule has 0 bridgehead atoms. The van der Waals surface area contributed by atoms with Crippen molar-refractivity contribution in [3.63, 3.8) is 0 Å². The highest BCUT2D eigenvalue weighted by molar-refractivity contribution is 6.07. The molecule has 0 saturated carbocycles. The van der Waals surface area contributed by atoms with Gasteiger partial charge in [0.1, 0.15) is 0 Å². The molecule has 0 spiro atoms. The third-order valence-electron chi connectivity index (χ3n) is 8.24. The van der Waals surface area contributed by atoms with E-state index in [9.17, 15) is 23.7 Å². The maximum Gasteiger partial charge on any atom is 0.416 e. The number of benzene rings is 4. The Bertz CT molecular complexity index is 2430. The van der Waals surface area contributed by atoms with E-state index in [0.717, 1.165) is 28.8 Å². The van der Waals surface area contributed by atoms with Crippen molar-refractivity contribution in [1.29, 1.82) is 10.5 Å². The van der Waals surface area contributed by atoms with Gasteiger partial charge < -0.3 is 0 Å². The van der Waals surface area contributed by atoms with E-state index in [1.807, 2.05) is 61.5 Å². The van der Waals surface area contributed by atoms with Gasteiger partial charge in [-0.25, -0.2) is 30.2 Å². The molecule has 2 aliphatic carbocycles. The number of hydrogen-bond donors (Lipinski definition) is 0. The zero-order valence-corrected chi connectivity index (χ0v) is 24.4. The van der Waals surface area contributed by atoms with Crippen LogP contribution in [-0.4, -0.2) is 9.97 Å². The van der Waals surface area contributed by atoms with Crippen molar-refractivity contribution < 1.29 is 13.2 Å². The largest absolute Gasteiger partial charge is 0.416 e. The molecule has 1 aromatic heterocycles.